The van der Waals surface area contributed by atoms with Gasteiger partial charge in [-0.05, 0) is 5.56 Å². The molecule has 0 saturated heterocycles. The van der Waals surface area contributed by atoms with Crippen molar-refractivity contribution in [3.05, 3.63) is 53.5 Å². The summed E-state index contributed by atoms with van der Waals surface area (Å²) in [5.74, 6) is -0.0947. The van der Waals surface area contributed by atoms with Crippen LogP contribution in [0.3, 0.4) is 0 Å². The van der Waals surface area contributed by atoms with Crippen molar-refractivity contribution in [2.45, 2.75) is 13.1 Å². The summed E-state index contributed by atoms with van der Waals surface area (Å²) in [6, 6.07) is 10.3. The van der Waals surface area contributed by atoms with Crippen LogP contribution in [0.1, 0.15) is 21.7 Å². The minimum absolute atomic E-state index is 0.165. The number of esters is 1. The van der Waals surface area contributed by atoms with E-state index in [9.17, 15) is 4.79 Å². The molecule has 1 aromatic heterocycles. The summed E-state index contributed by atoms with van der Waals surface area (Å²) < 4.78 is 10.3. The summed E-state index contributed by atoms with van der Waals surface area (Å²) in [4.78, 5) is 22.3. The third-order valence-electron chi connectivity index (χ3n) is 3.47. The lowest BCUT2D eigenvalue weighted by Gasteiger charge is -2.18. The van der Waals surface area contributed by atoms with Crippen molar-refractivity contribution in [3.8, 4) is 5.88 Å². The number of methoxy groups -OCH3 is 1. The fourth-order valence-corrected chi connectivity index (χ4v) is 2.36. The SMILES string of the molecule is COC(=O)c1cnc2c(n1)OCCN(Cc1ccccc1)C2. The van der Waals surface area contributed by atoms with Crippen LogP contribution in [-0.2, 0) is 17.8 Å². The molecule has 0 saturated carbocycles. The van der Waals surface area contributed by atoms with Gasteiger partial charge in [0.05, 0.1) is 13.3 Å². The van der Waals surface area contributed by atoms with E-state index >= 15 is 0 Å². The molecular formula is C16H17N3O3. The number of ether oxygens (including phenoxy) is 2. The Morgan fingerprint density at radius 2 is 2.18 bits per heavy atom. The molecule has 6 heteroatoms. The topological polar surface area (TPSA) is 64.5 Å². The van der Waals surface area contributed by atoms with Crippen LogP contribution in [0.2, 0.25) is 0 Å². The van der Waals surface area contributed by atoms with Crippen LogP contribution in [0.25, 0.3) is 0 Å². The van der Waals surface area contributed by atoms with E-state index in [4.69, 9.17) is 4.74 Å². The van der Waals surface area contributed by atoms with Crippen molar-refractivity contribution in [3.63, 3.8) is 0 Å². The Labute approximate surface area is 128 Å². The van der Waals surface area contributed by atoms with E-state index < -0.39 is 5.97 Å². The zero-order chi connectivity index (χ0) is 15.4. The molecule has 3 rings (SSSR count). The summed E-state index contributed by atoms with van der Waals surface area (Å²) in [6.45, 7) is 2.75. The van der Waals surface area contributed by atoms with Gasteiger partial charge in [-0.15, -0.1) is 0 Å². The summed E-state index contributed by atoms with van der Waals surface area (Å²) >= 11 is 0. The van der Waals surface area contributed by atoms with E-state index in [-0.39, 0.29) is 5.69 Å². The average Bonchev–Trinajstić information content (AvgIpc) is 2.76. The maximum Gasteiger partial charge on any atom is 0.358 e. The average molecular weight is 299 g/mol. The molecule has 0 atom stereocenters. The Hall–Kier alpha value is -2.47. The van der Waals surface area contributed by atoms with Crippen molar-refractivity contribution in [2.75, 3.05) is 20.3 Å². The van der Waals surface area contributed by atoms with Crippen LogP contribution >= 0.6 is 0 Å². The summed E-state index contributed by atoms with van der Waals surface area (Å²) in [7, 11) is 1.32. The highest BCUT2D eigenvalue weighted by Crippen LogP contribution is 2.20. The Morgan fingerprint density at radius 3 is 2.95 bits per heavy atom. The van der Waals surface area contributed by atoms with E-state index in [0.717, 1.165) is 18.8 Å². The largest absolute Gasteiger partial charge is 0.475 e. The second-order valence-electron chi connectivity index (χ2n) is 5.04. The Bertz CT molecular complexity index is 661. The van der Waals surface area contributed by atoms with Gasteiger partial charge in [0.2, 0.25) is 5.88 Å². The predicted molar refractivity (Wildman–Crippen MR) is 79.4 cm³/mol. The van der Waals surface area contributed by atoms with Gasteiger partial charge in [0.25, 0.3) is 0 Å². The molecule has 22 heavy (non-hydrogen) atoms. The van der Waals surface area contributed by atoms with Gasteiger partial charge in [0.1, 0.15) is 12.3 Å². The van der Waals surface area contributed by atoms with Crippen molar-refractivity contribution < 1.29 is 14.3 Å². The molecule has 0 fully saturated rings. The number of carbonyl (C=O) groups is 1. The zero-order valence-electron chi connectivity index (χ0n) is 12.4. The standard InChI is InChI=1S/C16H17N3O3/c1-21-16(20)13-9-17-14-11-19(7-8-22-15(14)18-13)10-12-5-3-2-4-6-12/h2-6,9H,7-8,10-11H2,1H3. The number of nitrogens with zero attached hydrogens (tertiary/aromatic N) is 3. The minimum atomic E-state index is -0.510. The molecule has 0 unspecified atom stereocenters. The molecule has 1 aliphatic rings. The van der Waals surface area contributed by atoms with Gasteiger partial charge in [-0.25, -0.2) is 9.78 Å². The Morgan fingerprint density at radius 1 is 1.36 bits per heavy atom. The van der Waals surface area contributed by atoms with E-state index in [1.54, 1.807) is 0 Å². The van der Waals surface area contributed by atoms with Gasteiger partial charge in [0, 0.05) is 19.6 Å². The van der Waals surface area contributed by atoms with Crippen LogP contribution in [-0.4, -0.2) is 41.1 Å². The van der Waals surface area contributed by atoms with E-state index in [0.29, 0.717) is 19.0 Å². The highest BCUT2D eigenvalue weighted by molar-refractivity contribution is 5.86. The van der Waals surface area contributed by atoms with Gasteiger partial charge in [0.15, 0.2) is 5.69 Å². The lowest BCUT2D eigenvalue weighted by molar-refractivity contribution is 0.0592. The smallest absolute Gasteiger partial charge is 0.358 e. The number of fused-ring (bicyclic) bond motifs is 1. The lowest BCUT2D eigenvalue weighted by atomic mass is 10.2. The summed E-state index contributed by atoms with van der Waals surface area (Å²) in [6.07, 6.45) is 1.43. The molecule has 0 amide bonds. The molecule has 0 N–H and O–H groups in total. The molecule has 0 spiro atoms. The van der Waals surface area contributed by atoms with Crippen molar-refractivity contribution >= 4 is 5.97 Å². The number of hydrogen-bond acceptors (Lipinski definition) is 6. The van der Waals surface area contributed by atoms with Crippen molar-refractivity contribution in [1.29, 1.82) is 0 Å². The third-order valence-corrected chi connectivity index (χ3v) is 3.47. The van der Waals surface area contributed by atoms with Crippen LogP contribution in [0.15, 0.2) is 36.5 Å². The van der Waals surface area contributed by atoms with Crippen LogP contribution in [0.5, 0.6) is 5.88 Å². The molecule has 2 heterocycles. The molecule has 2 aromatic rings. The minimum Gasteiger partial charge on any atom is -0.475 e. The van der Waals surface area contributed by atoms with Gasteiger partial charge in [-0.2, -0.15) is 0 Å². The van der Waals surface area contributed by atoms with Crippen LogP contribution < -0.4 is 4.74 Å². The molecule has 114 valence electrons. The molecule has 0 bridgehead atoms. The quantitative estimate of drug-likeness (QED) is 0.803. The normalized spacial score (nSPS) is 14.6. The first-order valence-electron chi connectivity index (χ1n) is 7.09. The van der Waals surface area contributed by atoms with Crippen LogP contribution in [0, 0.1) is 0 Å². The fraction of sp³-hybridized carbons (Fsp3) is 0.312. The number of aromatic nitrogens is 2. The Kier molecular flexibility index (Phi) is 4.29. The first kappa shape index (κ1) is 14.5. The molecule has 6 nitrogen and oxygen atoms in total. The highest BCUT2D eigenvalue weighted by Gasteiger charge is 2.20. The molecular weight excluding hydrogens is 282 g/mol. The monoisotopic (exact) mass is 299 g/mol. The maximum absolute atomic E-state index is 11.5. The second-order valence-corrected chi connectivity index (χ2v) is 5.04. The second kappa shape index (κ2) is 6.53. The first-order valence-corrected chi connectivity index (χ1v) is 7.09. The van der Waals surface area contributed by atoms with E-state index in [1.165, 1.54) is 18.9 Å². The van der Waals surface area contributed by atoms with Crippen molar-refractivity contribution in [2.24, 2.45) is 0 Å². The van der Waals surface area contributed by atoms with Crippen molar-refractivity contribution in [1.82, 2.24) is 14.9 Å². The number of rotatable bonds is 3. The molecule has 0 aliphatic carbocycles. The fourth-order valence-electron chi connectivity index (χ4n) is 2.36. The number of benzene rings is 1. The van der Waals surface area contributed by atoms with Gasteiger partial charge in [-0.1, -0.05) is 30.3 Å². The number of carbonyl (C=O) groups excluding carboxylic acids is 1. The lowest BCUT2D eigenvalue weighted by Crippen LogP contribution is -2.25. The van der Waals surface area contributed by atoms with Crippen LogP contribution in [0.4, 0.5) is 0 Å². The zero-order valence-corrected chi connectivity index (χ0v) is 12.4. The molecule has 1 aliphatic heterocycles. The number of hydrogen-bond donors (Lipinski definition) is 0. The molecule has 1 aromatic carbocycles. The van der Waals surface area contributed by atoms with E-state index in [1.807, 2.05) is 18.2 Å². The predicted octanol–water partition coefficient (Wildman–Crippen LogP) is 1.66. The Balaban J connectivity index is 1.77. The van der Waals surface area contributed by atoms with Gasteiger partial charge in [-0.3, -0.25) is 9.88 Å². The first-order chi connectivity index (χ1) is 10.8. The van der Waals surface area contributed by atoms with E-state index in [2.05, 4.69) is 31.7 Å². The highest BCUT2D eigenvalue weighted by atomic mass is 16.5. The summed E-state index contributed by atoms with van der Waals surface area (Å²) in [5, 5.41) is 0. The van der Waals surface area contributed by atoms with Gasteiger partial charge < -0.3 is 9.47 Å². The van der Waals surface area contributed by atoms with Gasteiger partial charge >= 0.3 is 5.97 Å². The molecule has 0 radical (unpaired) electrons. The summed E-state index contributed by atoms with van der Waals surface area (Å²) in [5.41, 5.74) is 2.14. The third kappa shape index (κ3) is 3.23. The maximum atomic E-state index is 11.5.